The Labute approximate surface area is 114 Å². The van der Waals surface area contributed by atoms with Gasteiger partial charge in [0.1, 0.15) is 5.82 Å². The van der Waals surface area contributed by atoms with E-state index in [1.54, 1.807) is 11.0 Å². The van der Waals surface area contributed by atoms with Gasteiger partial charge in [-0.15, -0.1) is 0 Å². The summed E-state index contributed by atoms with van der Waals surface area (Å²) in [5.74, 6) is -0.163. The number of halogens is 1. The predicted molar refractivity (Wildman–Crippen MR) is 75.4 cm³/mol. The van der Waals surface area contributed by atoms with Crippen molar-refractivity contribution < 1.29 is 9.18 Å². The van der Waals surface area contributed by atoms with Crippen LogP contribution in [-0.2, 0) is 11.3 Å². The highest BCUT2D eigenvalue weighted by Crippen LogP contribution is 2.10. The molecule has 4 heteroatoms. The van der Waals surface area contributed by atoms with Crippen molar-refractivity contribution in [2.75, 3.05) is 13.1 Å². The summed E-state index contributed by atoms with van der Waals surface area (Å²) in [6, 6.07) is 4.45. The number of benzene rings is 1. The summed E-state index contributed by atoms with van der Waals surface area (Å²) in [6.07, 6.45) is 0. The van der Waals surface area contributed by atoms with E-state index < -0.39 is 0 Å². The zero-order valence-corrected chi connectivity index (χ0v) is 12.2. The molecule has 0 aliphatic heterocycles. The van der Waals surface area contributed by atoms with Crippen LogP contribution in [0.2, 0.25) is 0 Å². The summed E-state index contributed by atoms with van der Waals surface area (Å²) in [5.41, 5.74) is 1.91. The summed E-state index contributed by atoms with van der Waals surface area (Å²) < 4.78 is 13.2. The number of nitrogens with zero attached hydrogens (tertiary/aromatic N) is 1. The van der Waals surface area contributed by atoms with Crippen molar-refractivity contribution in [3.8, 4) is 0 Å². The van der Waals surface area contributed by atoms with Gasteiger partial charge in [-0.2, -0.15) is 0 Å². The van der Waals surface area contributed by atoms with Gasteiger partial charge in [-0.3, -0.25) is 4.79 Å². The lowest BCUT2D eigenvalue weighted by Crippen LogP contribution is -2.44. The number of hydrogen-bond donors (Lipinski definition) is 1. The molecule has 1 unspecified atom stereocenters. The number of rotatable bonds is 6. The monoisotopic (exact) mass is 266 g/mol. The van der Waals surface area contributed by atoms with E-state index in [0.717, 1.165) is 11.1 Å². The molecule has 1 rings (SSSR count). The van der Waals surface area contributed by atoms with Gasteiger partial charge in [-0.05, 0) is 51.0 Å². The minimum Gasteiger partial charge on any atom is -0.342 e. The van der Waals surface area contributed by atoms with E-state index in [9.17, 15) is 9.18 Å². The third-order valence-corrected chi connectivity index (χ3v) is 3.36. The summed E-state index contributed by atoms with van der Waals surface area (Å²) in [5, 5.41) is 3.16. The lowest BCUT2D eigenvalue weighted by molar-refractivity contribution is -0.132. The summed E-state index contributed by atoms with van der Waals surface area (Å²) in [6.45, 7) is 9.62. The third-order valence-electron chi connectivity index (χ3n) is 3.36. The smallest absolute Gasteiger partial charge is 0.239 e. The molecule has 0 saturated heterocycles. The predicted octanol–water partition coefficient (Wildman–Crippen LogP) is 2.48. The fraction of sp³-hybridized carbons (Fsp3) is 0.533. The molecule has 19 heavy (non-hydrogen) atoms. The standard InChI is InChI=1S/C15H23FN2O/c1-5-18(6-2)15(19)12(4)17-10-13-9-14(16)8-7-11(13)3/h7-9,12,17H,5-6,10H2,1-4H3. The first kappa shape index (κ1) is 15.6. The second-order valence-electron chi connectivity index (χ2n) is 4.68. The van der Waals surface area contributed by atoms with Gasteiger partial charge >= 0.3 is 0 Å². The molecule has 0 aromatic heterocycles. The van der Waals surface area contributed by atoms with Crippen molar-refractivity contribution in [1.82, 2.24) is 10.2 Å². The maximum atomic E-state index is 13.2. The molecule has 0 radical (unpaired) electrons. The molecule has 0 heterocycles. The molecular weight excluding hydrogens is 243 g/mol. The molecule has 0 spiro atoms. The highest BCUT2D eigenvalue weighted by Gasteiger charge is 2.17. The fourth-order valence-corrected chi connectivity index (χ4v) is 1.99. The average molecular weight is 266 g/mol. The maximum absolute atomic E-state index is 13.2. The molecule has 0 bridgehead atoms. The molecule has 106 valence electrons. The lowest BCUT2D eigenvalue weighted by Gasteiger charge is -2.23. The molecule has 1 amide bonds. The molecular formula is C15H23FN2O. The SMILES string of the molecule is CCN(CC)C(=O)C(C)NCc1cc(F)ccc1C. The van der Waals surface area contributed by atoms with Crippen LogP contribution in [0.25, 0.3) is 0 Å². The van der Waals surface area contributed by atoms with E-state index in [1.165, 1.54) is 12.1 Å². The molecule has 0 aliphatic rings. The van der Waals surface area contributed by atoms with Crippen LogP contribution in [0.5, 0.6) is 0 Å². The topological polar surface area (TPSA) is 32.3 Å². The van der Waals surface area contributed by atoms with Crippen LogP contribution in [0.3, 0.4) is 0 Å². The zero-order chi connectivity index (χ0) is 14.4. The Morgan fingerprint density at radius 3 is 2.58 bits per heavy atom. The van der Waals surface area contributed by atoms with E-state index in [-0.39, 0.29) is 17.8 Å². The van der Waals surface area contributed by atoms with Crippen LogP contribution in [0, 0.1) is 12.7 Å². The Hall–Kier alpha value is -1.42. The number of carbonyl (C=O) groups excluding carboxylic acids is 1. The van der Waals surface area contributed by atoms with Crippen LogP contribution in [0.15, 0.2) is 18.2 Å². The van der Waals surface area contributed by atoms with Gasteiger partial charge in [-0.1, -0.05) is 6.07 Å². The maximum Gasteiger partial charge on any atom is 0.239 e. The number of nitrogens with one attached hydrogen (secondary N) is 1. The minimum absolute atomic E-state index is 0.0825. The number of hydrogen-bond acceptors (Lipinski definition) is 2. The van der Waals surface area contributed by atoms with E-state index in [2.05, 4.69) is 5.32 Å². The fourth-order valence-electron chi connectivity index (χ4n) is 1.99. The molecule has 0 aliphatic carbocycles. The zero-order valence-electron chi connectivity index (χ0n) is 12.2. The van der Waals surface area contributed by atoms with Crippen LogP contribution < -0.4 is 5.32 Å². The molecule has 0 fully saturated rings. The van der Waals surface area contributed by atoms with Gasteiger partial charge in [-0.25, -0.2) is 4.39 Å². The Morgan fingerprint density at radius 2 is 2.00 bits per heavy atom. The Morgan fingerprint density at radius 1 is 1.37 bits per heavy atom. The highest BCUT2D eigenvalue weighted by molar-refractivity contribution is 5.81. The molecule has 1 aromatic carbocycles. The number of carbonyl (C=O) groups is 1. The number of likely N-dealkylation sites (N-methyl/N-ethyl adjacent to an activating group) is 1. The summed E-state index contributed by atoms with van der Waals surface area (Å²) in [7, 11) is 0. The third kappa shape index (κ3) is 4.31. The van der Waals surface area contributed by atoms with Crippen molar-refractivity contribution in [3.63, 3.8) is 0 Å². The minimum atomic E-state index is -0.262. The molecule has 1 aromatic rings. The molecule has 3 nitrogen and oxygen atoms in total. The van der Waals surface area contributed by atoms with E-state index >= 15 is 0 Å². The first-order chi connectivity index (χ1) is 8.99. The van der Waals surface area contributed by atoms with Crippen LogP contribution in [0.4, 0.5) is 4.39 Å². The number of aryl methyl sites for hydroxylation is 1. The van der Waals surface area contributed by atoms with Gasteiger partial charge in [0.05, 0.1) is 6.04 Å². The van der Waals surface area contributed by atoms with Crippen LogP contribution in [0.1, 0.15) is 31.9 Å². The van der Waals surface area contributed by atoms with Crippen LogP contribution in [-0.4, -0.2) is 29.9 Å². The van der Waals surface area contributed by atoms with E-state index in [1.807, 2.05) is 27.7 Å². The number of amides is 1. The van der Waals surface area contributed by atoms with Crippen LogP contribution >= 0.6 is 0 Å². The van der Waals surface area contributed by atoms with E-state index in [4.69, 9.17) is 0 Å². The van der Waals surface area contributed by atoms with Gasteiger partial charge in [0, 0.05) is 19.6 Å². The van der Waals surface area contributed by atoms with Gasteiger partial charge < -0.3 is 10.2 Å². The van der Waals surface area contributed by atoms with Crippen molar-refractivity contribution in [1.29, 1.82) is 0 Å². The molecule has 1 N–H and O–H groups in total. The largest absolute Gasteiger partial charge is 0.342 e. The van der Waals surface area contributed by atoms with Crippen molar-refractivity contribution in [2.45, 2.75) is 40.3 Å². The summed E-state index contributed by atoms with van der Waals surface area (Å²) in [4.78, 5) is 13.9. The second-order valence-corrected chi connectivity index (χ2v) is 4.68. The average Bonchev–Trinajstić information content (AvgIpc) is 2.40. The second kappa shape index (κ2) is 7.24. The first-order valence-electron chi connectivity index (χ1n) is 6.76. The molecule has 1 atom stereocenters. The summed E-state index contributed by atoms with van der Waals surface area (Å²) >= 11 is 0. The molecule has 0 saturated carbocycles. The van der Waals surface area contributed by atoms with E-state index in [0.29, 0.717) is 19.6 Å². The lowest BCUT2D eigenvalue weighted by atomic mass is 10.1. The Bertz CT molecular complexity index is 430. The van der Waals surface area contributed by atoms with Crippen molar-refractivity contribution in [2.24, 2.45) is 0 Å². The quantitative estimate of drug-likeness (QED) is 0.858. The Balaban J connectivity index is 2.61. The Kier molecular flexibility index (Phi) is 5.96. The highest BCUT2D eigenvalue weighted by atomic mass is 19.1. The van der Waals surface area contributed by atoms with Gasteiger partial charge in [0.2, 0.25) is 5.91 Å². The van der Waals surface area contributed by atoms with Crippen molar-refractivity contribution >= 4 is 5.91 Å². The first-order valence-corrected chi connectivity index (χ1v) is 6.76. The van der Waals surface area contributed by atoms with Crippen molar-refractivity contribution in [3.05, 3.63) is 35.1 Å². The normalized spacial score (nSPS) is 12.3. The van der Waals surface area contributed by atoms with Gasteiger partial charge in [0.15, 0.2) is 0 Å². The van der Waals surface area contributed by atoms with Gasteiger partial charge in [0.25, 0.3) is 0 Å².